The molecule has 0 radical (unpaired) electrons. The zero-order valence-electron chi connectivity index (χ0n) is 7.39. The highest BCUT2D eigenvalue weighted by Gasteiger charge is 2.36. The molecule has 4 nitrogen and oxygen atoms in total. The Balaban J connectivity index is 2.43. The Morgan fingerprint density at radius 3 is 2.07 bits per heavy atom. The van der Waals surface area contributed by atoms with E-state index >= 15 is 0 Å². The monoisotopic (exact) mass is 209 g/mol. The number of rotatable bonds is 2. The number of imide groups is 1. The Kier molecular flexibility index (Phi) is 2.26. The van der Waals surface area contributed by atoms with Gasteiger partial charge in [-0.05, 0) is 12.1 Å². The highest BCUT2D eigenvalue weighted by Crippen LogP contribution is 2.27. The van der Waals surface area contributed by atoms with E-state index in [1.807, 2.05) is 0 Å². The highest BCUT2D eigenvalue weighted by molar-refractivity contribution is 7.93. The summed E-state index contributed by atoms with van der Waals surface area (Å²) in [6, 6.07) is 6.72. The Hall–Kier alpha value is -1.33. The van der Waals surface area contributed by atoms with Crippen molar-refractivity contribution in [1.82, 2.24) is 4.31 Å². The largest absolute Gasteiger partial charge is 0.300 e. The van der Waals surface area contributed by atoms with E-state index < -0.39 is 0 Å². The minimum atomic E-state index is -0.322. The fraction of sp³-hybridized carbons (Fsp3) is 0.111. The Bertz CT molecular complexity index is 370. The molecule has 0 saturated heterocycles. The number of carbonyl (C=O) groups is 2. The van der Waals surface area contributed by atoms with Crippen molar-refractivity contribution in [3.05, 3.63) is 35.4 Å². The summed E-state index contributed by atoms with van der Waals surface area (Å²) in [4.78, 5) is 23.2. The molecule has 14 heavy (non-hydrogen) atoms. The molecule has 0 bridgehead atoms. The first-order chi connectivity index (χ1) is 6.75. The number of hydrogen-bond donors (Lipinski definition) is 0. The maximum atomic E-state index is 11.6. The summed E-state index contributed by atoms with van der Waals surface area (Å²) in [6.07, 6.45) is 0. The van der Waals surface area contributed by atoms with E-state index in [-0.39, 0.29) is 11.8 Å². The van der Waals surface area contributed by atoms with E-state index in [4.69, 9.17) is 4.18 Å². The summed E-state index contributed by atoms with van der Waals surface area (Å²) in [5, 5.41) is 0. The summed E-state index contributed by atoms with van der Waals surface area (Å²) in [5.74, 6) is -0.644. The van der Waals surface area contributed by atoms with Crippen molar-refractivity contribution in [3.63, 3.8) is 0 Å². The van der Waals surface area contributed by atoms with Crippen molar-refractivity contribution < 1.29 is 13.8 Å². The molecule has 1 heterocycles. The average Bonchev–Trinajstić information content (AvgIpc) is 2.45. The highest BCUT2D eigenvalue weighted by atomic mass is 32.2. The molecule has 1 aliphatic heterocycles. The van der Waals surface area contributed by atoms with E-state index in [2.05, 4.69) is 0 Å². The van der Waals surface area contributed by atoms with E-state index in [0.29, 0.717) is 11.1 Å². The molecule has 2 rings (SSSR count). The zero-order chi connectivity index (χ0) is 10.1. The molecule has 0 fully saturated rings. The Labute approximate surface area is 85.2 Å². The second kappa shape index (κ2) is 3.43. The second-order valence-electron chi connectivity index (χ2n) is 2.69. The van der Waals surface area contributed by atoms with Crippen LogP contribution in [0, 0.1) is 0 Å². The van der Waals surface area contributed by atoms with E-state index in [0.717, 1.165) is 16.5 Å². The fourth-order valence-electron chi connectivity index (χ4n) is 1.31. The quantitative estimate of drug-likeness (QED) is 0.420. The molecule has 72 valence electrons. The van der Waals surface area contributed by atoms with Crippen molar-refractivity contribution in [2.45, 2.75) is 0 Å². The van der Waals surface area contributed by atoms with Crippen molar-refractivity contribution in [3.8, 4) is 0 Å². The molecule has 5 heteroatoms. The number of hydrogen-bond acceptors (Lipinski definition) is 4. The zero-order valence-corrected chi connectivity index (χ0v) is 8.21. The molecule has 0 spiro atoms. The predicted octanol–water partition coefficient (Wildman–Crippen LogP) is 1.49. The minimum Gasteiger partial charge on any atom is -0.300 e. The number of nitrogens with zero attached hydrogens (tertiary/aromatic N) is 1. The normalized spacial score (nSPS) is 14.8. The second-order valence-corrected chi connectivity index (χ2v) is 3.54. The SMILES string of the molecule is COSN1C(=O)c2ccccc2C1=O. The van der Waals surface area contributed by atoms with Gasteiger partial charge in [0.25, 0.3) is 11.8 Å². The van der Waals surface area contributed by atoms with Crippen LogP contribution in [-0.4, -0.2) is 23.2 Å². The number of benzene rings is 1. The maximum absolute atomic E-state index is 11.6. The van der Waals surface area contributed by atoms with E-state index in [1.165, 1.54) is 7.11 Å². The minimum absolute atomic E-state index is 0.322. The lowest BCUT2D eigenvalue weighted by Gasteiger charge is -2.07. The predicted molar refractivity (Wildman–Crippen MR) is 51.5 cm³/mol. The molecule has 0 aromatic heterocycles. The van der Waals surface area contributed by atoms with Gasteiger partial charge in [-0.1, -0.05) is 12.1 Å². The van der Waals surface area contributed by atoms with Crippen LogP contribution in [0.4, 0.5) is 0 Å². The maximum Gasteiger partial charge on any atom is 0.273 e. The third-order valence-electron chi connectivity index (χ3n) is 1.91. The van der Waals surface area contributed by atoms with Gasteiger partial charge in [-0.25, -0.2) is 0 Å². The Morgan fingerprint density at radius 1 is 1.14 bits per heavy atom. The molecule has 1 aromatic rings. The lowest BCUT2D eigenvalue weighted by molar-refractivity contribution is 0.0769. The van der Waals surface area contributed by atoms with Crippen molar-refractivity contribution in [2.75, 3.05) is 7.11 Å². The van der Waals surface area contributed by atoms with E-state index in [1.54, 1.807) is 24.3 Å². The van der Waals surface area contributed by atoms with Crippen LogP contribution in [0.15, 0.2) is 24.3 Å². The van der Waals surface area contributed by atoms with Crippen molar-refractivity contribution >= 4 is 24.0 Å². The van der Waals surface area contributed by atoms with Crippen LogP contribution < -0.4 is 0 Å². The van der Waals surface area contributed by atoms with Gasteiger partial charge in [-0.2, -0.15) is 4.31 Å². The first-order valence-corrected chi connectivity index (χ1v) is 4.64. The lowest BCUT2D eigenvalue weighted by Crippen LogP contribution is -2.22. The molecule has 0 atom stereocenters. The van der Waals surface area contributed by atoms with Gasteiger partial charge >= 0.3 is 0 Å². The van der Waals surface area contributed by atoms with Gasteiger partial charge in [-0.15, -0.1) is 0 Å². The van der Waals surface area contributed by atoms with Gasteiger partial charge in [-0.3, -0.25) is 13.8 Å². The van der Waals surface area contributed by atoms with Crippen LogP contribution in [0.2, 0.25) is 0 Å². The fourth-order valence-corrected chi connectivity index (χ4v) is 1.79. The van der Waals surface area contributed by atoms with Crippen LogP contribution >= 0.6 is 12.2 Å². The molecular formula is C9H7NO3S. The summed E-state index contributed by atoms with van der Waals surface area (Å²) in [7, 11) is 1.41. The molecule has 0 aliphatic carbocycles. The number of amides is 2. The lowest BCUT2D eigenvalue weighted by atomic mass is 10.1. The third kappa shape index (κ3) is 1.21. The molecule has 1 aromatic carbocycles. The van der Waals surface area contributed by atoms with Gasteiger partial charge in [0, 0.05) is 0 Å². The third-order valence-corrected chi connectivity index (χ3v) is 2.54. The van der Waals surface area contributed by atoms with Crippen molar-refractivity contribution in [1.29, 1.82) is 0 Å². The molecule has 2 amide bonds. The van der Waals surface area contributed by atoms with Gasteiger partial charge in [0.2, 0.25) is 0 Å². The standard InChI is InChI=1S/C9H7NO3S/c1-13-14-10-8(11)6-4-2-3-5-7(6)9(10)12/h2-5H,1H3. The van der Waals surface area contributed by atoms with Crippen LogP contribution in [-0.2, 0) is 4.18 Å². The van der Waals surface area contributed by atoms with Gasteiger partial charge < -0.3 is 0 Å². The summed E-state index contributed by atoms with van der Waals surface area (Å²) >= 11 is 0.746. The van der Waals surface area contributed by atoms with Gasteiger partial charge in [0.1, 0.15) is 12.2 Å². The first-order valence-electron chi connectivity index (χ1n) is 3.94. The van der Waals surface area contributed by atoms with Crippen molar-refractivity contribution in [2.24, 2.45) is 0 Å². The van der Waals surface area contributed by atoms with Crippen LogP contribution in [0.5, 0.6) is 0 Å². The van der Waals surface area contributed by atoms with Gasteiger partial charge in [0.05, 0.1) is 18.2 Å². The summed E-state index contributed by atoms with van der Waals surface area (Å²) < 4.78 is 5.70. The summed E-state index contributed by atoms with van der Waals surface area (Å²) in [5.41, 5.74) is 0.865. The van der Waals surface area contributed by atoms with Crippen LogP contribution in [0.3, 0.4) is 0 Å². The average molecular weight is 209 g/mol. The number of carbonyl (C=O) groups excluding carboxylic acids is 2. The molecule has 0 N–H and O–H groups in total. The molecule has 0 unspecified atom stereocenters. The van der Waals surface area contributed by atoms with E-state index in [9.17, 15) is 9.59 Å². The van der Waals surface area contributed by atoms with Gasteiger partial charge in [0.15, 0.2) is 0 Å². The topological polar surface area (TPSA) is 46.6 Å². The number of fused-ring (bicyclic) bond motifs is 1. The first kappa shape index (κ1) is 9.23. The smallest absolute Gasteiger partial charge is 0.273 e. The van der Waals surface area contributed by atoms with Crippen LogP contribution in [0.1, 0.15) is 20.7 Å². The molecular weight excluding hydrogens is 202 g/mol. The summed E-state index contributed by atoms with van der Waals surface area (Å²) in [6.45, 7) is 0. The molecule has 1 aliphatic rings. The molecule has 0 saturated carbocycles. The Morgan fingerprint density at radius 2 is 1.64 bits per heavy atom. The van der Waals surface area contributed by atoms with Crippen LogP contribution in [0.25, 0.3) is 0 Å².